The fourth-order valence-electron chi connectivity index (χ4n) is 1.78. The van der Waals surface area contributed by atoms with Crippen LogP contribution in [0.25, 0.3) is 0 Å². The molecule has 2 atom stereocenters. The third kappa shape index (κ3) is 2.32. The Morgan fingerprint density at radius 3 is 2.73 bits per heavy atom. The van der Waals surface area contributed by atoms with Crippen molar-refractivity contribution >= 4 is 17.6 Å². The summed E-state index contributed by atoms with van der Waals surface area (Å²) >= 11 is 5.79. The fraction of sp³-hybridized carbons (Fsp3) is 0.417. The van der Waals surface area contributed by atoms with Crippen molar-refractivity contribution in [3.05, 3.63) is 34.9 Å². The number of halogens is 1. The van der Waals surface area contributed by atoms with E-state index in [-0.39, 0.29) is 11.9 Å². The van der Waals surface area contributed by atoms with Gasteiger partial charge in [-0.25, -0.2) is 0 Å². The van der Waals surface area contributed by atoms with Crippen molar-refractivity contribution in [2.24, 2.45) is 5.92 Å². The summed E-state index contributed by atoms with van der Waals surface area (Å²) in [5.74, 6) is 0.324. The molecule has 1 aliphatic carbocycles. The highest BCUT2D eigenvalue weighted by atomic mass is 35.5. The number of ether oxygens (including phenoxy) is 1. The lowest BCUT2D eigenvalue weighted by Crippen LogP contribution is -2.07. The van der Waals surface area contributed by atoms with Crippen molar-refractivity contribution in [3.63, 3.8) is 0 Å². The lowest BCUT2D eigenvalue weighted by Gasteiger charge is -2.01. The molecule has 1 aliphatic rings. The van der Waals surface area contributed by atoms with Crippen molar-refractivity contribution in [2.75, 3.05) is 6.61 Å². The average molecular weight is 225 g/mol. The van der Waals surface area contributed by atoms with Crippen LogP contribution in [0.2, 0.25) is 5.02 Å². The Bertz CT molecular complexity index is 358. The Balaban J connectivity index is 1.98. The van der Waals surface area contributed by atoms with Crippen LogP contribution < -0.4 is 0 Å². The Morgan fingerprint density at radius 2 is 2.13 bits per heavy atom. The molecule has 0 aromatic heterocycles. The molecule has 1 unspecified atom stereocenters. The number of benzene rings is 1. The van der Waals surface area contributed by atoms with Crippen LogP contribution >= 0.6 is 11.6 Å². The first-order valence-corrected chi connectivity index (χ1v) is 5.52. The maximum absolute atomic E-state index is 11.4. The van der Waals surface area contributed by atoms with Crippen LogP contribution in [0, 0.1) is 5.92 Å². The SMILES string of the molecule is CCOC(=O)[C@H]1CC1c1ccc(Cl)cc1. The van der Waals surface area contributed by atoms with Gasteiger partial charge in [0.25, 0.3) is 0 Å². The van der Waals surface area contributed by atoms with E-state index in [0.717, 1.165) is 11.4 Å². The van der Waals surface area contributed by atoms with Gasteiger partial charge in [0, 0.05) is 5.02 Å². The predicted octanol–water partition coefficient (Wildman–Crippen LogP) is 3.01. The highest BCUT2D eigenvalue weighted by Crippen LogP contribution is 2.48. The summed E-state index contributed by atoms with van der Waals surface area (Å²) in [4.78, 5) is 11.4. The first-order valence-electron chi connectivity index (χ1n) is 5.14. The van der Waals surface area contributed by atoms with Gasteiger partial charge in [0.05, 0.1) is 12.5 Å². The van der Waals surface area contributed by atoms with Gasteiger partial charge in [-0.2, -0.15) is 0 Å². The van der Waals surface area contributed by atoms with Crippen molar-refractivity contribution in [1.82, 2.24) is 0 Å². The van der Waals surface area contributed by atoms with Gasteiger partial charge in [-0.15, -0.1) is 0 Å². The molecule has 0 amide bonds. The summed E-state index contributed by atoms with van der Waals surface area (Å²) in [6.45, 7) is 2.29. The van der Waals surface area contributed by atoms with Crippen molar-refractivity contribution < 1.29 is 9.53 Å². The topological polar surface area (TPSA) is 26.3 Å². The van der Waals surface area contributed by atoms with Crippen LogP contribution in [-0.2, 0) is 9.53 Å². The van der Waals surface area contributed by atoms with Gasteiger partial charge in [0.15, 0.2) is 0 Å². The lowest BCUT2D eigenvalue weighted by molar-refractivity contribution is -0.144. The fourth-order valence-corrected chi connectivity index (χ4v) is 1.91. The predicted molar refractivity (Wildman–Crippen MR) is 58.9 cm³/mol. The van der Waals surface area contributed by atoms with Gasteiger partial charge in [0.1, 0.15) is 0 Å². The molecule has 1 aromatic rings. The van der Waals surface area contributed by atoms with Crippen molar-refractivity contribution in [1.29, 1.82) is 0 Å². The highest BCUT2D eigenvalue weighted by molar-refractivity contribution is 6.30. The molecular weight excluding hydrogens is 212 g/mol. The molecule has 2 rings (SSSR count). The van der Waals surface area contributed by atoms with E-state index in [2.05, 4.69) is 0 Å². The molecule has 15 heavy (non-hydrogen) atoms. The van der Waals surface area contributed by atoms with Gasteiger partial charge in [0.2, 0.25) is 0 Å². The number of esters is 1. The lowest BCUT2D eigenvalue weighted by atomic mass is 10.1. The number of hydrogen-bond acceptors (Lipinski definition) is 2. The summed E-state index contributed by atoms with van der Waals surface area (Å²) in [7, 11) is 0. The van der Waals surface area contributed by atoms with E-state index in [1.165, 1.54) is 5.56 Å². The van der Waals surface area contributed by atoms with E-state index in [9.17, 15) is 4.79 Å². The average Bonchev–Trinajstić information content (AvgIpc) is 2.99. The zero-order chi connectivity index (χ0) is 10.8. The van der Waals surface area contributed by atoms with Gasteiger partial charge >= 0.3 is 5.97 Å². The smallest absolute Gasteiger partial charge is 0.309 e. The first-order chi connectivity index (χ1) is 7.22. The molecular formula is C12H13ClO2. The zero-order valence-electron chi connectivity index (χ0n) is 8.57. The second kappa shape index (κ2) is 4.23. The van der Waals surface area contributed by atoms with E-state index in [1.54, 1.807) is 0 Å². The minimum atomic E-state index is -0.0718. The van der Waals surface area contributed by atoms with Crippen molar-refractivity contribution in [2.45, 2.75) is 19.3 Å². The summed E-state index contributed by atoms with van der Waals surface area (Å²) in [5, 5.41) is 0.729. The maximum atomic E-state index is 11.4. The second-order valence-electron chi connectivity index (χ2n) is 3.75. The number of carbonyl (C=O) groups excluding carboxylic acids is 1. The summed E-state index contributed by atoms with van der Waals surface area (Å²) in [6, 6.07) is 7.67. The van der Waals surface area contributed by atoms with E-state index in [0.29, 0.717) is 12.5 Å². The summed E-state index contributed by atoms with van der Waals surface area (Å²) < 4.78 is 4.98. The molecule has 0 radical (unpaired) electrons. The standard InChI is InChI=1S/C12H13ClO2/c1-2-15-12(14)11-7-10(11)8-3-5-9(13)6-4-8/h3-6,10-11H,2,7H2,1H3/t10?,11-/m0/s1. The molecule has 0 aliphatic heterocycles. The van der Waals surface area contributed by atoms with Crippen LogP contribution in [0.15, 0.2) is 24.3 Å². The molecule has 0 spiro atoms. The first kappa shape index (κ1) is 10.5. The van der Waals surface area contributed by atoms with Gasteiger partial charge < -0.3 is 4.74 Å². The normalized spacial score (nSPS) is 23.6. The Morgan fingerprint density at radius 1 is 1.47 bits per heavy atom. The molecule has 1 fully saturated rings. The van der Waals surface area contributed by atoms with E-state index >= 15 is 0 Å². The van der Waals surface area contributed by atoms with Crippen LogP contribution in [0.1, 0.15) is 24.8 Å². The third-order valence-electron chi connectivity index (χ3n) is 2.68. The van der Waals surface area contributed by atoms with Crippen molar-refractivity contribution in [3.8, 4) is 0 Å². The van der Waals surface area contributed by atoms with Crippen LogP contribution in [0.5, 0.6) is 0 Å². The Labute approximate surface area is 94.2 Å². The Kier molecular flexibility index (Phi) is 2.96. The molecule has 3 heteroatoms. The largest absolute Gasteiger partial charge is 0.466 e. The van der Waals surface area contributed by atoms with Crippen LogP contribution in [-0.4, -0.2) is 12.6 Å². The van der Waals surface area contributed by atoms with Gasteiger partial charge in [-0.1, -0.05) is 23.7 Å². The van der Waals surface area contributed by atoms with E-state index in [1.807, 2.05) is 31.2 Å². The molecule has 0 bridgehead atoms. The highest BCUT2D eigenvalue weighted by Gasteiger charge is 2.44. The van der Waals surface area contributed by atoms with E-state index in [4.69, 9.17) is 16.3 Å². The molecule has 2 nitrogen and oxygen atoms in total. The van der Waals surface area contributed by atoms with Crippen LogP contribution in [0.3, 0.4) is 0 Å². The number of rotatable bonds is 3. The number of carbonyl (C=O) groups is 1. The quantitative estimate of drug-likeness (QED) is 0.738. The maximum Gasteiger partial charge on any atom is 0.309 e. The van der Waals surface area contributed by atoms with E-state index < -0.39 is 0 Å². The zero-order valence-corrected chi connectivity index (χ0v) is 9.33. The monoisotopic (exact) mass is 224 g/mol. The molecule has 0 N–H and O–H groups in total. The minimum absolute atomic E-state index is 0.0612. The molecule has 80 valence electrons. The third-order valence-corrected chi connectivity index (χ3v) is 2.93. The molecule has 0 saturated heterocycles. The minimum Gasteiger partial charge on any atom is -0.466 e. The van der Waals surface area contributed by atoms with Gasteiger partial charge in [-0.05, 0) is 37.0 Å². The number of hydrogen-bond donors (Lipinski definition) is 0. The summed E-state index contributed by atoms with van der Waals surface area (Å²) in [5.41, 5.74) is 1.18. The van der Waals surface area contributed by atoms with Gasteiger partial charge in [-0.3, -0.25) is 4.79 Å². The van der Waals surface area contributed by atoms with Crippen LogP contribution in [0.4, 0.5) is 0 Å². The molecule has 1 saturated carbocycles. The second-order valence-corrected chi connectivity index (χ2v) is 4.19. The summed E-state index contributed by atoms with van der Waals surface area (Å²) in [6.07, 6.45) is 0.903. The Hall–Kier alpha value is -1.02. The molecule has 0 heterocycles. The molecule has 1 aromatic carbocycles.